The first-order chi connectivity index (χ1) is 5.81. The van der Waals surface area contributed by atoms with Gasteiger partial charge in [-0.25, -0.2) is 4.98 Å². The molecular weight excluding hydrogens is 172 g/mol. The van der Waals surface area contributed by atoms with Crippen LogP contribution in [-0.2, 0) is 0 Å². The Balaban J connectivity index is 2.72. The summed E-state index contributed by atoms with van der Waals surface area (Å²) in [7, 11) is 1.85. The second-order valence-electron chi connectivity index (χ2n) is 2.39. The van der Waals surface area contributed by atoms with E-state index >= 15 is 0 Å². The molecule has 1 unspecified atom stereocenters. The molecule has 68 valence electrons. The summed E-state index contributed by atoms with van der Waals surface area (Å²) in [4.78, 5) is 7.35. The Morgan fingerprint density at radius 3 is 3.00 bits per heavy atom. The van der Waals surface area contributed by atoms with Gasteiger partial charge in [0.25, 0.3) is 0 Å². The first kappa shape index (κ1) is 9.41. The zero-order valence-corrected chi connectivity index (χ0v) is 8.11. The maximum Gasteiger partial charge on any atom is 0.123 e. The van der Waals surface area contributed by atoms with Gasteiger partial charge in [-0.3, -0.25) is 0 Å². The van der Waals surface area contributed by atoms with Crippen molar-refractivity contribution in [2.75, 3.05) is 25.2 Å². The number of nitrogens with zero attached hydrogens (tertiary/aromatic N) is 1. The van der Waals surface area contributed by atoms with E-state index in [-0.39, 0.29) is 5.25 Å². The fraction of sp³-hybridized carbons (Fsp3) is 0.571. The minimum absolute atomic E-state index is 0.270. The van der Waals surface area contributed by atoms with Crippen LogP contribution in [0.3, 0.4) is 0 Å². The third kappa shape index (κ3) is 1.92. The van der Waals surface area contributed by atoms with Crippen molar-refractivity contribution >= 4 is 17.6 Å². The predicted molar refractivity (Wildman–Crippen MR) is 53.4 cm³/mol. The summed E-state index contributed by atoms with van der Waals surface area (Å²) in [5.41, 5.74) is 5.56. The molecule has 1 rings (SSSR count). The topological polar surface area (TPSA) is 66.7 Å². The van der Waals surface area contributed by atoms with E-state index in [1.165, 1.54) is 0 Å². The monoisotopic (exact) mass is 186 g/mol. The maximum atomic E-state index is 5.56. The minimum Gasteiger partial charge on any atom is -0.373 e. The number of aromatic amines is 1. The van der Waals surface area contributed by atoms with Crippen molar-refractivity contribution in [1.82, 2.24) is 9.97 Å². The minimum atomic E-state index is 0.270. The van der Waals surface area contributed by atoms with Gasteiger partial charge in [-0.2, -0.15) is 11.8 Å². The second kappa shape index (κ2) is 4.37. The van der Waals surface area contributed by atoms with Gasteiger partial charge in [-0.05, 0) is 6.26 Å². The van der Waals surface area contributed by atoms with Gasteiger partial charge in [0.05, 0.1) is 11.4 Å². The first-order valence-corrected chi connectivity index (χ1v) is 5.06. The number of nitrogens with two attached hydrogens (primary N) is 1. The van der Waals surface area contributed by atoms with Crippen LogP contribution in [0, 0.1) is 0 Å². The Hall–Kier alpha value is -0.680. The summed E-state index contributed by atoms with van der Waals surface area (Å²) >= 11 is 1.70. The Bertz CT molecular complexity index is 231. The highest BCUT2D eigenvalue weighted by molar-refractivity contribution is 7.98. The van der Waals surface area contributed by atoms with Gasteiger partial charge in [0.2, 0.25) is 0 Å². The van der Waals surface area contributed by atoms with Crippen LogP contribution >= 0.6 is 11.8 Å². The van der Waals surface area contributed by atoms with Crippen molar-refractivity contribution in [1.29, 1.82) is 0 Å². The van der Waals surface area contributed by atoms with Crippen molar-refractivity contribution in [2.45, 2.75) is 5.25 Å². The van der Waals surface area contributed by atoms with Crippen LogP contribution in [0.4, 0.5) is 5.82 Å². The molecule has 0 aliphatic carbocycles. The molecule has 4 N–H and O–H groups in total. The summed E-state index contributed by atoms with van der Waals surface area (Å²) < 4.78 is 0. The van der Waals surface area contributed by atoms with Crippen LogP contribution < -0.4 is 11.1 Å². The lowest BCUT2D eigenvalue weighted by Gasteiger charge is -2.07. The number of aromatic nitrogens is 2. The molecule has 0 fully saturated rings. The van der Waals surface area contributed by atoms with Crippen LogP contribution in [0.5, 0.6) is 0 Å². The standard InChI is InChI=1S/C7H14N4S/c1-9-6-4-10-7(11-6)5(3-8)12-2/h4-5,9H,3,8H2,1-2H3,(H,10,11). The zero-order chi connectivity index (χ0) is 8.97. The number of H-pyrrole nitrogens is 1. The molecule has 0 saturated carbocycles. The predicted octanol–water partition coefficient (Wildman–Crippen LogP) is 0.814. The van der Waals surface area contributed by atoms with Crippen molar-refractivity contribution in [3.05, 3.63) is 12.0 Å². The quantitative estimate of drug-likeness (QED) is 0.651. The van der Waals surface area contributed by atoms with Crippen molar-refractivity contribution in [3.8, 4) is 0 Å². The van der Waals surface area contributed by atoms with Gasteiger partial charge in [0, 0.05) is 13.6 Å². The molecular formula is C7H14N4S. The van der Waals surface area contributed by atoms with Crippen LogP contribution in [0.25, 0.3) is 0 Å². The molecule has 0 amide bonds. The molecule has 1 aromatic rings. The average molecular weight is 186 g/mol. The molecule has 0 aromatic carbocycles. The van der Waals surface area contributed by atoms with E-state index in [9.17, 15) is 0 Å². The molecule has 4 nitrogen and oxygen atoms in total. The van der Waals surface area contributed by atoms with E-state index in [4.69, 9.17) is 5.73 Å². The Morgan fingerprint density at radius 2 is 2.58 bits per heavy atom. The van der Waals surface area contributed by atoms with E-state index in [2.05, 4.69) is 15.3 Å². The molecule has 0 aliphatic rings. The third-order valence-corrected chi connectivity index (χ3v) is 2.65. The fourth-order valence-electron chi connectivity index (χ4n) is 0.947. The van der Waals surface area contributed by atoms with E-state index < -0.39 is 0 Å². The molecule has 12 heavy (non-hydrogen) atoms. The number of anilines is 1. The van der Waals surface area contributed by atoms with E-state index in [1.807, 2.05) is 13.3 Å². The Kier molecular flexibility index (Phi) is 3.43. The van der Waals surface area contributed by atoms with Gasteiger partial charge >= 0.3 is 0 Å². The van der Waals surface area contributed by atoms with Gasteiger partial charge < -0.3 is 16.0 Å². The molecule has 0 spiro atoms. The van der Waals surface area contributed by atoms with Crippen molar-refractivity contribution in [2.24, 2.45) is 5.73 Å². The maximum absolute atomic E-state index is 5.56. The van der Waals surface area contributed by atoms with Crippen molar-refractivity contribution < 1.29 is 0 Å². The summed E-state index contributed by atoms with van der Waals surface area (Å²) in [5, 5.41) is 3.25. The molecule has 1 atom stereocenters. The number of rotatable bonds is 4. The van der Waals surface area contributed by atoms with E-state index in [0.717, 1.165) is 11.6 Å². The lowest BCUT2D eigenvalue weighted by molar-refractivity contribution is 0.874. The largest absolute Gasteiger partial charge is 0.373 e. The lowest BCUT2D eigenvalue weighted by Crippen LogP contribution is -2.10. The van der Waals surface area contributed by atoms with Gasteiger partial charge in [0.1, 0.15) is 11.6 Å². The lowest BCUT2D eigenvalue weighted by atomic mass is 10.4. The van der Waals surface area contributed by atoms with Gasteiger partial charge in [-0.1, -0.05) is 0 Å². The smallest absolute Gasteiger partial charge is 0.123 e. The number of imidazole rings is 1. The van der Waals surface area contributed by atoms with Crippen LogP contribution in [0.1, 0.15) is 11.1 Å². The molecule has 1 aromatic heterocycles. The fourth-order valence-corrected chi connectivity index (χ4v) is 1.48. The molecule has 5 heteroatoms. The zero-order valence-electron chi connectivity index (χ0n) is 7.29. The molecule has 0 bridgehead atoms. The molecule has 0 aliphatic heterocycles. The normalized spacial score (nSPS) is 12.9. The summed E-state index contributed by atoms with van der Waals surface area (Å²) in [5.74, 6) is 1.87. The summed E-state index contributed by atoms with van der Waals surface area (Å²) in [6, 6.07) is 0. The van der Waals surface area contributed by atoms with Crippen molar-refractivity contribution in [3.63, 3.8) is 0 Å². The number of thioether (sulfide) groups is 1. The second-order valence-corrected chi connectivity index (χ2v) is 3.43. The number of hydrogen-bond donors (Lipinski definition) is 3. The molecule has 0 radical (unpaired) electrons. The summed E-state index contributed by atoms with van der Waals surface area (Å²) in [6.45, 7) is 0.609. The highest BCUT2D eigenvalue weighted by Crippen LogP contribution is 2.22. The number of nitrogens with one attached hydrogen (secondary N) is 2. The Labute approximate surface area is 76.3 Å². The van der Waals surface area contributed by atoms with Crippen LogP contribution in [0.2, 0.25) is 0 Å². The average Bonchev–Trinajstić information content (AvgIpc) is 2.55. The first-order valence-electron chi connectivity index (χ1n) is 3.77. The SMILES string of the molecule is CNc1cnc(C(CN)SC)[nH]1. The number of hydrogen-bond acceptors (Lipinski definition) is 4. The Morgan fingerprint density at radius 1 is 1.83 bits per heavy atom. The highest BCUT2D eigenvalue weighted by Gasteiger charge is 2.10. The van der Waals surface area contributed by atoms with Crippen LogP contribution in [0.15, 0.2) is 6.20 Å². The van der Waals surface area contributed by atoms with Crippen LogP contribution in [-0.4, -0.2) is 29.8 Å². The highest BCUT2D eigenvalue weighted by atomic mass is 32.2. The van der Waals surface area contributed by atoms with E-state index in [0.29, 0.717) is 6.54 Å². The van der Waals surface area contributed by atoms with E-state index in [1.54, 1.807) is 18.0 Å². The summed E-state index contributed by atoms with van der Waals surface area (Å²) in [6.07, 6.45) is 3.80. The molecule has 0 saturated heterocycles. The van der Waals surface area contributed by atoms with Gasteiger partial charge in [-0.15, -0.1) is 0 Å². The molecule has 1 heterocycles. The third-order valence-electron chi connectivity index (χ3n) is 1.67. The van der Waals surface area contributed by atoms with Gasteiger partial charge in [0.15, 0.2) is 0 Å².